The average Bonchev–Trinajstić information content (AvgIpc) is 2.49. The third kappa shape index (κ3) is 2.66. The van der Waals surface area contributed by atoms with Gasteiger partial charge >= 0.3 is 15.9 Å². The van der Waals surface area contributed by atoms with Crippen LogP contribution in [-0.2, 0) is 7.58 Å². The topological polar surface area (TPSA) is 18.5 Å². The summed E-state index contributed by atoms with van der Waals surface area (Å²) in [5.41, 5.74) is 2.49. The molecule has 0 aromatic heterocycles. The van der Waals surface area contributed by atoms with E-state index in [4.69, 9.17) is 7.58 Å². The van der Waals surface area contributed by atoms with Gasteiger partial charge in [-0.15, -0.1) is 0 Å². The molecule has 0 spiro atoms. The third-order valence-electron chi connectivity index (χ3n) is 3.21. The first-order valence-corrected chi connectivity index (χ1v) is 7.10. The average molecular weight is 253 g/mol. The van der Waals surface area contributed by atoms with Crippen molar-refractivity contribution in [2.24, 2.45) is 0 Å². The van der Waals surface area contributed by atoms with Crippen molar-refractivity contribution in [3.05, 3.63) is 71.8 Å². The van der Waals surface area contributed by atoms with Gasteiger partial charge in [-0.25, -0.2) is 0 Å². The van der Waals surface area contributed by atoms with E-state index in [0.717, 1.165) is 6.42 Å². The Hall–Kier alpha value is -1.11. The summed E-state index contributed by atoms with van der Waals surface area (Å²) in [5, 5.41) is 0. The zero-order valence-corrected chi connectivity index (χ0v) is 11.2. The molecule has 18 heavy (non-hydrogen) atoms. The van der Waals surface area contributed by atoms with Gasteiger partial charge in [-0.3, -0.25) is 0 Å². The molecule has 1 aliphatic heterocycles. The standard InChI is InChI=1S/C15H14O2.Al/c16-14(12-7-3-1-4-8-12)11-15(17)13-9-5-2-6-10-13;/h1-10,14-15H,11H2;/q-2;+2. The second-order valence-electron chi connectivity index (χ2n) is 4.40. The van der Waals surface area contributed by atoms with Gasteiger partial charge in [0.25, 0.3) is 0 Å². The summed E-state index contributed by atoms with van der Waals surface area (Å²) in [6.45, 7) is 0. The Morgan fingerprint density at radius 1 is 0.722 bits per heavy atom. The summed E-state index contributed by atoms with van der Waals surface area (Å²) in [5.74, 6) is 0. The van der Waals surface area contributed by atoms with E-state index in [0.29, 0.717) is 0 Å². The Kier molecular flexibility index (Phi) is 3.78. The zero-order valence-electron chi connectivity index (χ0n) is 10.0. The lowest BCUT2D eigenvalue weighted by Crippen LogP contribution is -2.23. The summed E-state index contributed by atoms with van der Waals surface area (Å²) in [7, 11) is 0. The van der Waals surface area contributed by atoms with Crippen molar-refractivity contribution >= 4 is 15.9 Å². The molecule has 2 atom stereocenters. The lowest BCUT2D eigenvalue weighted by molar-refractivity contribution is 0.0306. The highest BCUT2D eigenvalue weighted by molar-refractivity contribution is 6.18. The van der Waals surface area contributed by atoms with Crippen LogP contribution in [-0.4, -0.2) is 15.9 Å². The third-order valence-corrected chi connectivity index (χ3v) is 4.09. The van der Waals surface area contributed by atoms with Gasteiger partial charge in [0.05, 0.1) is 12.2 Å². The molecular formula is C15H14AlO2. The smallest absolute Gasteiger partial charge is 0.478 e. The van der Waals surface area contributed by atoms with Crippen LogP contribution in [0, 0.1) is 0 Å². The van der Waals surface area contributed by atoms with Crippen LogP contribution < -0.4 is 0 Å². The molecule has 2 aromatic rings. The second-order valence-corrected chi connectivity index (χ2v) is 5.14. The van der Waals surface area contributed by atoms with Gasteiger partial charge in [0, 0.05) is 6.42 Å². The molecule has 2 nitrogen and oxygen atoms in total. The summed E-state index contributed by atoms with van der Waals surface area (Å²) in [4.78, 5) is 0. The molecule has 0 bridgehead atoms. The fourth-order valence-electron chi connectivity index (χ4n) is 2.24. The molecule has 1 aliphatic rings. The quantitative estimate of drug-likeness (QED) is 0.763. The molecule has 0 aliphatic carbocycles. The van der Waals surface area contributed by atoms with E-state index in [1.807, 2.05) is 12.1 Å². The molecule has 1 saturated heterocycles. The van der Waals surface area contributed by atoms with Crippen LogP contribution in [0.25, 0.3) is 0 Å². The predicted octanol–water partition coefficient (Wildman–Crippen LogP) is 3.44. The molecule has 0 amide bonds. The maximum absolute atomic E-state index is 5.78. The molecule has 3 heteroatoms. The van der Waals surface area contributed by atoms with Crippen LogP contribution in [0.4, 0.5) is 0 Å². The van der Waals surface area contributed by atoms with E-state index >= 15 is 0 Å². The summed E-state index contributed by atoms with van der Waals surface area (Å²) >= 11 is -0.380. The molecule has 3 rings (SSSR count). The molecule has 1 fully saturated rings. The number of benzene rings is 2. The molecule has 1 radical (unpaired) electrons. The van der Waals surface area contributed by atoms with Crippen LogP contribution in [0.5, 0.6) is 0 Å². The van der Waals surface area contributed by atoms with Gasteiger partial charge in [-0.1, -0.05) is 60.7 Å². The van der Waals surface area contributed by atoms with Gasteiger partial charge in [0.2, 0.25) is 0 Å². The Balaban J connectivity index is 1.77. The Morgan fingerprint density at radius 2 is 1.17 bits per heavy atom. The van der Waals surface area contributed by atoms with Crippen molar-refractivity contribution in [3.8, 4) is 0 Å². The zero-order chi connectivity index (χ0) is 12.2. The second kappa shape index (κ2) is 5.69. The number of rotatable bonds is 2. The fraction of sp³-hybridized carbons (Fsp3) is 0.200. The van der Waals surface area contributed by atoms with E-state index in [9.17, 15) is 0 Å². The highest BCUT2D eigenvalue weighted by atomic mass is 27.2. The molecule has 89 valence electrons. The van der Waals surface area contributed by atoms with E-state index in [2.05, 4.69) is 48.5 Å². The summed E-state index contributed by atoms with van der Waals surface area (Å²) < 4.78 is 11.6. The van der Waals surface area contributed by atoms with Crippen LogP contribution in [0.1, 0.15) is 29.8 Å². The van der Waals surface area contributed by atoms with Gasteiger partial charge in [-0.2, -0.15) is 0 Å². The van der Waals surface area contributed by atoms with Crippen LogP contribution in [0.2, 0.25) is 0 Å². The van der Waals surface area contributed by atoms with Crippen LogP contribution in [0.15, 0.2) is 60.7 Å². The van der Waals surface area contributed by atoms with Gasteiger partial charge in [-0.05, 0) is 11.1 Å². The van der Waals surface area contributed by atoms with Crippen LogP contribution in [0.3, 0.4) is 0 Å². The van der Waals surface area contributed by atoms with Crippen LogP contribution >= 0.6 is 0 Å². The van der Waals surface area contributed by atoms with Crippen molar-refractivity contribution in [2.45, 2.75) is 18.6 Å². The van der Waals surface area contributed by atoms with E-state index in [1.54, 1.807) is 0 Å². The first-order valence-electron chi connectivity index (χ1n) is 6.16. The SMILES string of the molecule is c1ccc(C2CC(c3ccccc3)[O][Al][O]2)cc1. The molecule has 1 heterocycles. The molecule has 2 aromatic carbocycles. The van der Waals surface area contributed by atoms with Gasteiger partial charge < -0.3 is 7.58 Å². The van der Waals surface area contributed by atoms with Crippen molar-refractivity contribution < 1.29 is 7.58 Å². The Morgan fingerprint density at radius 3 is 1.61 bits per heavy atom. The lowest BCUT2D eigenvalue weighted by Gasteiger charge is -2.31. The first-order chi connectivity index (χ1) is 8.93. The maximum atomic E-state index is 5.78. The minimum atomic E-state index is -0.380. The minimum absolute atomic E-state index is 0.167. The Labute approximate surface area is 114 Å². The minimum Gasteiger partial charge on any atom is -0.478 e. The first kappa shape index (κ1) is 12.0. The van der Waals surface area contributed by atoms with Gasteiger partial charge in [0.15, 0.2) is 0 Å². The van der Waals surface area contributed by atoms with Crippen molar-refractivity contribution in [3.63, 3.8) is 0 Å². The molecular weight excluding hydrogens is 239 g/mol. The molecule has 0 saturated carbocycles. The van der Waals surface area contributed by atoms with E-state index < -0.39 is 0 Å². The number of hydrogen-bond donors (Lipinski definition) is 0. The van der Waals surface area contributed by atoms with Crippen molar-refractivity contribution in [2.75, 3.05) is 0 Å². The predicted molar refractivity (Wildman–Crippen MR) is 70.9 cm³/mol. The van der Waals surface area contributed by atoms with E-state index in [1.165, 1.54) is 11.1 Å². The normalized spacial score (nSPS) is 23.3. The number of hydrogen-bond acceptors (Lipinski definition) is 2. The van der Waals surface area contributed by atoms with Gasteiger partial charge in [0.1, 0.15) is 0 Å². The molecule has 0 N–H and O–H groups in total. The molecule has 2 unspecified atom stereocenters. The summed E-state index contributed by atoms with van der Waals surface area (Å²) in [6, 6.07) is 20.8. The van der Waals surface area contributed by atoms with Crippen molar-refractivity contribution in [1.82, 2.24) is 0 Å². The highest BCUT2D eigenvalue weighted by Gasteiger charge is 2.26. The maximum Gasteiger partial charge on any atom is 0.669 e. The van der Waals surface area contributed by atoms with E-state index in [-0.39, 0.29) is 28.1 Å². The fourth-order valence-corrected chi connectivity index (χ4v) is 3.11. The van der Waals surface area contributed by atoms with Crippen molar-refractivity contribution in [1.29, 1.82) is 0 Å². The summed E-state index contributed by atoms with van der Waals surface area (Å²) in [6.07, 6.45) is 1.22. The monoisotopic (exact) mass is 253 g/mol. The lowest BCUT2D eigenvalue weighted by atomic mass is 9.99. The Bertz CT molecular complexity index is 441. The highest BCUT2D eigenvalue weighted by Crippen LogP contribution is 2.34. The largest absolute Gasteiger partial charge is 0.669 e.